The molecule has 2 fully saturated rings. The molecule has 1 aliphatic heterocycles. The van der Waals surface area contributed by atoms with Crippen LogP contribution in [0.5, 0.6) is 0 Å². The van der Waals surface area contributed by atoms with Gasteiger partial charge in [-0.05, 0) is 12.8 Å². The summed E-state index contributed by atoms with van der Waals surface area (Å²) in [4.78, 5) is 33.0. The van der Waals surface area contributed by atoms with Crippen LogP contribution in [0.25, 0.3) is 11.4 Å². The van der Waals surface area contributed by atoms with E-state index in [1.807, 2.05) is 35.2 Å². The first-order chi connectivity index (χ1) is 13.2. The highest BCUT2D eigenvalue weighted by Gasteiger charge is 2.32. The van der Waals surface area contributed by atoms with Gasteiger partial charge >= 0.3 is 6.03 Å². The highest BCUT2D eigenvalue weighted by atomic mass is 32.1. The molecule has 1 aromatic carbocycles. The van der Waals surface area contributed by atoms with Crippen LogP contribution in [0.15, 0.2) is 30.3 Å². The Morgan fingerprint density at radius 3 is 2.63 bits per heavy atom. The van der Waals surface area contributed by atoms with Crippen molar-refractivity contribution in [2.45, 2.75) is 38.1 Å². The lowest BCUT2D eigenvalue weighted by molar-refractivity contribution is -0.138. The number of anilines is 1. The first-order valence-electron chi connectivity index (χ1n) is 9.45. The van der Waals surface area contributed by atoms with Gasteiger partial charge in [-0.1, -0.05) is 49.6 Å². The molecule has 142 valence electrons. The lowest BCUT2D eigenvalue weighted by Gasteiger charge is -2.40. The molecule has 2 aromatic rings. The molecule has 1 saturated carbocycles. The zero-order chi connectivity index (χ0) is 18.6. The van der Waals surface area contributed by atoms with Crippen LogP contribution in [0.4, 0.5) is 9.93 Å². The summed E-state index contributed by atoms with van der Waals surface area (Å²) in [5.74, 6) is 0.639. The van der Waals surface area contributed by atoms with Crippen molar-refractivity contribution in [3.05, 3.63) is 30.3 Å². The molecule has 0 bridgehead atoms. The Kier molecular flexibility index (Phi) is 5.33. The van der Waals surface area contributed by atoms with Gasteiger partial charge in [0.1, 0.15) is 6.54 Å². The highest BCUT2D eigenvalue weighted by Crippen LogP contribution is 2.25. The van der Waals surface area contributed by atoms with E-state index in [4.69, 9.17) is 0 Å². The molecule has 3 amide bonds. The third kappa shape index (κ3) is 4.10. The smallest absolute Gasteiger partial charge is 0.324 e. The fraction of sp³-hybridized carbons (Fsp3) is 0.474. The Balaban J connectivity index is 1.34. The number of nitrogens with zero attached hydrogens (tertiary/aromatic N) is 4. The van der Waals surface area contributed by atoms with E-state index in [1.165, 1.54) is 19.3 Å². The van der Waals surface area contributed by atoms with Gasteiger partial charge in [0.15, 0.2) is 5.82 Å². The highest BCUT2D eigenvalue weighted by molar-refractivity contribution is 7.10. The topological polar surface area (TPSA) is 78.4 Å². The molecule has 1 N–H and O–H groups in total. The number of amides is 3. The fourth-order valence-electron chi connectivity index (χ4n) is 3.79. The van der Waals surface area contributed by atoms with Crippen molar-refractivity contribution in [3.63, 3.8) is 0 Å². The third-order valence-corrected chi connectivity index (χ3v) is 5.86. The standard InChI is InChI=1S/C19H23N5O2S/c25-16-13-23(11-12-24(16)15-9-5-2-6-10-15)19(26)21-18-20-17(22-27-18)14-7-3-1-4-8-14/h1,3-4,7-8,15H,2,5-6,9-13H2,(H,20,21,22,26). The normalized spacial score (nSPS) is 18.6. The number of benzene rings is 1. The first kappa shape index (κ1) is 17.9. The number of carbonyl (C=O) groups is 2. The number of aromatic nitrogens is 2. The van der Waals surface area contributed by atoms with Crippen molar-refractivity contribution in [1.29, 1.82) is 0 Å². The Hall–Kier alpha value is -2.48. The van der Waals surface area contributed by atoms with Gasteiger partial charge in [0.05, 0.1) is 0 Å². The van der Waals surface area contributed by atoms with Crippen LogP contribution in [0, 0.1) is 0 Å². The number of hydrogen-bond acceptors (Lipinski definition) is 5. The summed E-state index contributed by atoms with van der Waals surface area (Å²) >= 11 is 1.15. The molecule has 4 rings (SSSR count). The van der Waals surface area contributed by atoms with Crippen LogP contribution in [-0.2, 0) is 4.79 Å². The second-order valence-electron chi connectivity index (χ2n) is 7.02. The maximum Gasteiger partial charge on any atom is 0.324 e. The van der Waals surface area contributed by atoms with Crippen LogP contribution in [0.3, 0.4) is 0 Å². The average Bonchev–Trinajstić information content (AvgIpc) is 3.18. The molecule has 0 unspecified atom stereocenters. The summed E-state index contributed by atoms with van der Waals surface area (Å²) in [5, 5.41) is 3.22. The van der Waals surface area contributed by atoms with E-state index in [-0.39, 0.29) is 18.5 Å². The molecule has 7 nitrogen and oxygen atoms in total. The third-order valence-electron chi connectivity index (χ3n) is 5.23. The van der Waals surface area contributed by atoms with Crippen molar-refractivity contribution in [3.8, 4) is 11.4 Å². The predicted octanol–water partition coefficient (Wildman–Crippen LogP) is 3.21. The minimum Gasteiger partial charge on any atom is -0.336 e. The molecule has 1 aliphatic carbocycles. The van der Waals surface area contributed by atoms with E-state index >= 15 is 0 Å². The zero-order valence-electron chi connectivity index (χ0n) is 15.1. The fourth-order valence-corrected chi connectivity index (χ4v) is 4.37. The Bertz CT molecular complexity index is 803. The van der Waals surface area contributed by atoms with Crippen molar-refractivity contribution < 1.29 is 9.59 Å². The largest absolute Gasteiger partial charge is 0.336 e. The number of carbonyl (C=O) groups excluding carboxylic acids is 2. The monoisotopic (exact) mass is 385 g/mol. The number of urea groups is 1. The number of rotatable bonds is 3. The average molecular weight is 385 g/mol. The minimum absolute atomic E-state index is 0.0468. The molecule has 2 aliphatic rings. The van der Waals surface area contributed by atoms with Crippen LogP contribution in [0.2, 0.25) is 0 Å². The predicted molar refractivity (Wildman–Crippen MR) is 105 cm³/mol. The van der Waals surface area contributed by atoms with Gasteiger partial charge in [0.25, 0.3) is 0 Å². The Morgan fingerprint density at radius 1 is 1.11 bits per heavy atom. The van der Waals surface area contributed by atoms with E-state index < -0.39 is 0 Å². The molecular weight excluding hydrogens is 362 g/mol. The SMILES string of the molecule is O=C(Nc1nc(-c2ccccc2)ns1)N1CCN(C2CCCCC2)C(=O)C1. The second kappa shape index (κ2) is 8.04. The quantitative estimate of drug-likeness (QED) is 0.880. The van der Waals surface area contributed by atoms with Crippen LogP contribution in [0.1, 0.15) is 32.1 Å². The zero-order valence-corrected chi connectivity index (χ0v) is 16.0. The molecule has 27 heavy (non-hydrogen) atoms. The molecule has 8 heteroatoms. The van der Waals surface area contributed by atoms with Gasteiger partial charge in [-0.2, -0.15) is 9.36 Å². The van der Waals surface area contributed by atoms with E-state index in [0.29, 0.717) is 30.1 Å². The van der Waals surface area contributed by atoms with E-state index in [2.05, 4.69) is 14.7 Å². The minimum atomic E-state index is -0.289. The van der Waals surface area contributed by atoms with Gasteiger partial charge in [-0.25, -0.2) is 4.79 Å². The van der Waals surface area contributed by atoms with Crippen molar-refractivity contribution in [2.75, 3.05) is 25.0 Å². The summed E-state index contributed by atoms with van der Waals surface area (Å²) in [6.45, 7) is 1.30. The van der Waals surface area contributed by atoms with Gasteiger partial charge in [0, 0.05) is 36.2 Å². The van der Waals surface area contributed by atoms with Crippen LogP contribution < -0.4 is 5.32 Å². The first-order valence-corrected chi connectivity index (χ1v) is 10.2. The lowest BCUT2D eigenvalue weighted by Crippen LogP contribution is -2.56. The Labute approximate surface area is 162 Å². The summed E-state index contributed by atoms with van der Waals surface area (Å²) in [6.07, 6.45) is 5.83. The molecule has 0 atom stereocenters. The number of hydrogen-bond donors (Lipinski definition) is 1. The molecule has 0 spiro atoms. The molecule has 1 saturated heterocycles. The van der Waals surface area contributed by atoms with Crippen molar-refractivity contribution in [1.82, 2.24) is 19.2 Å². The molecular formula is C19H23N5O2S. The molecule has 0 radical (unpaired) electrons. The van der Waals surface area contributed by atoms with Gasteiger partial charge in [-0.3, -0.25) is 10.1 Å². The molecule has 2 heterocycles. The van der Waals surface area contributed by atoms with E-state index in [9.17, 15) is 9.59 Å². The lowest BCUT2D eigenvalue weighted by atomic mass is 9.93. The maximum absolute atomic E-state index is 12.5. The van der Waals surface area contributed by atoms with E-state index in [0.717, 1.165) is 29.9 Å². The van der Waals surface area contributed by atoms with Crippen molar-refractivity contribution in [2.24, 2.45) is 0 Å². The van der Waals surface area contributed by atoms with Gasteiger partial charge in [0.2, 0.25) is 11.0 Å². The van der Waals surface area contributed by atoms with Crippen molar-refractivity contribution >= 4 is 28.6 Å². The van der Waals surface area contributed by atoms with Gasteiger partial charge in [-0.15, -0.1) is 0 Å². The second-order valence-corrected chi connectivity index (χ2v) is 7.77. The summed E-state index contributed by atoms with van der Waals surface area (Å²) in [5.41, 5.74) is 0.908. The van der Waals surface area contributed by atoms with E-state index in [1.54, 1.807) is 4.90 Å². The summed E-state index contributed by atoms with van der Waals surface area (Å²) in [7, 11) is 0. The molecule has 1 aromatic heterocycles. The number of piperazine rings is 1. The summed E-state index contributed by atoms with van der Waals surface area (Å²) in [6, 6.07) is 9.70. The maximum atomic E-state index is 12.5. The van der Waals surface area contributed by atoms with Gasteiger partial charge < -0.3 is 9.80 Å². The van der Waals surface area contributed by atoms with Crippen LogP contribution >= 0.6 is 11.5 Å². The Morgan fingerprint density at radius 2 is 1.89 bits per heavy atom. The summed E-state index contributed by atoms with van der Waals surface area (Å²) < 4.78 is 4.29. The van der Waals surface area contributed by atoms with Crippen LogP contribution in [-0.4, -0.2) is 56.8 Å². The number of nitrogens with one attached hydrogen (secondary N) is 1.